The molecule has 10 heteroatoms. The highest BCUT2D eigenvalue weighted by Gasteiger charge is 2.33. The number of urea groups is 1. The number of halogens is 3. The molecule has 0 spiro atoms. The number of nitrogens with one attached hydrogen (secondary N) is 2. The van der Waals surface area contributed by atoms with Crippen LogP contribution < -0.4 is 10.6 Å². The Kier molecular flexibility index (Phi) is 7.34. The predicted molar refractivity (Wildman–Crippen MR) is 103 cm³/mol. The van der Waals surface area contributed by atoms with Crippen molar-refractivity contribution in [2.45, 2.75) is 32.5 Å². The molecule has 0 aromatic heterocycles. The summed E-state index contributed by atoms with van der Waals surface area (Å²) in [6.45, 7) is 8.50. The summed E-state index contributed by atoms with van der Waals surface area (Å²) in [5, 5.41) is 4.80. The van der Waals surface area contributed by atoms with E-state index in [1.807, 2.05) is 20.8 Å². The Bertz CT molecular complexity index is 711. The number of anilines is 1. The highest BCUT2D eigenvalue weighted by atomic mass is 19.4. The third-order valence-corrected chi connectivity index (χ3v) is 4.22. The Hall–Kier alpha value is -2.49. The zero-order valence-corrected chi connectivity index (χ0v) is 16.8. The molecular weight excluding hydrogens is 389 g/mol. The summed E-state index contributed by atoms with van der Waals surface area (Å²) in [4.78, 5) is 27.7. The second-order valence-corrected chi connectivity index (χ2v) is 7.73. The molecule has 1 aliphatic rings. The molecule has 0 saturated carbocycles. The van der Waals surface area contributed by atoms with Gasteiger partial charge in [-0.05, 0) is 32.9 Å². The van der Waals surface area contributed by atoms with Gasteiger partial charge in [0.2, 0.25) is 0 Å². The first-order chi connectivity index (χ1) is 13.5. The number of benzene rings is 1. The molecule has 1 saturated heterocycles. The fourth-order valence-electron chi connectivity index (χ4n) is 2.81. The maximum atomic E-state index is 13.0. The second kappa shape index (κ2) is 9.34. The lowest BCUT2D eigenvalue weighted by Gasteiger charge is -2.35. The van der Waals surface area contributed by atoms with Crippen LogP contribution in [-0.2, 0) is 10.9 Å². The number of hydrogen-bond acceptors (Lipinski definition) is 4. The fraction of sp³-hybridized carbons (Fsp3) is 0.579. The monoisotopic (exact) mass is 416 g/mol. The normalized spacial score (nSPS) is 15.7. The summed E-state index contributed by atoms with van der Waals surface area (Å²) in [6.07, 6.45) is -4.89. The molecule has 7 nitrogen and oxygen atoms in total. The average Bonchev–Trinajstić information content (AvgIpc) is 2.60. The molecule has 3 amide bonds. The predicted octanol–water partition coefficient (Wildman–Crippen LogP) is 3.38. The maximum absolute atomic E-state index is 13.0. The van der Waals surface area contributed by atoms with Gasteiger partial charge in [0.1, 0.15) is 5.60 Å². The summed E-state index contributed by atoms with van der Waals surface area (Å²) in [5.41, 5.74) is -1.73. The zero-order valence-electron chi connectivity index (χ0n) is 16.8. The molecule has 0 aliphatic carbocycles. The van der Waals surface area contributed by atoms with E-state index in [9.17, 15) is 22.8 Å². The van der Waals surface area contributed by atoms with Crippen molar-refractivity contribution in [2.75, 3.05) is 44.6 Å². The van der Waals surface area contributed by atoms with E-state index in [1.165, 1.54) is 18.2 Å². The highest BCUT2D eigenvalue weighted by molar-refractivity contribution is 5.90. The molecule has 2 N–H and O–H groups in total. The number of piperazine rings is 1. The van der Waals surface area contributed by atoms with Gasteiger partial charge in [-0.3, -0.25) is 4.90 Å². The SMILES string of the molecule is CC(C)(C)OC(=O)N1CCN(CCNC(=O)Nc2ccccc2C(F)(F)F)CC1. The van der Waals surface area contributed by atoms with Gasteiger partial charge in [0.15, 0.2) is 0 Å². The quantitative estimate of drug-likeness (QED) is 0.789. The van der Waals surface area contributed by atoms with E-state index in [2.05, 4.69) is 15.5 Å². The standard InChI is InChI=1S/C19H27F3N4O3/c1-18(2,3)29-17(28)26-12-10-25(11-13-26)9-8-23-16(27)24-15-7-5-4-6-14(15)19(20,21)22/h4-7H,8-13H2,1-3H3,(H2,23,24,27). The number of nitrogens with zero attached hydrogens (tertiary/aromatic N) is 2. The van der Waals surface area contributed by atoms with Crippen LogP contribution in [0.4, 0.5) is 28.4 Å². The van der Waals surface area contributed by atoms with Crippen LogP contribution in [0, 0.1) is 0 Å². The average molecular weight is 416 g/mol. The minimum absolute atomic E-state index is 0.270. The van der Waals surface area contributed by atoms with Crippen LogP contribution in [0.2, 0.25) is 0 Å². The lowest BCUT2D eigenvalue weighted by atomic mass is 10.1. The van der Waals surface area contributed by atoms with E-state index in [0.29, 0.717) is 32.7 Å². The molecular formula is C19H27F3N4O3. The topological polar surface area (TPSA) is 73.9 Å². The van der Waals surface area contributed by atoms with Crippen molar-refractivity contribution in [2.24, 2.45) is 0 Å². The first kappa shape index (κ1) is 22.8. The number of hydrogen-bond donors (Lipinski definition) is 2. The molecule has 162 valence electrons. The van der Waals surface area contributed by atoms with Crippen LogP contribution in [0.3, 0.4) is 0 Å². The fourth-order valence-corrected chi connectivity index (χ4v) is 2.81. The molecule has 0 atom stereocenters. The van der Waals surface area contributed by atoms with Gasteiger partial charge in [-0.1, -0.05) is 12.1 Å². The second-order valence-electron chi connectivity index (χ2n) is 7.73. The third kappa shape index (κ3) is 7.45. The van der Waals surface area contributed by atoms with Crippen molar-refractivity contribution in [3.8, 4) is 0 Å². The highest BCUT2D eigenvalue weighted by Crippen LogP contribution is 2.34. The first-order valence-corrected chi connectivity index (χ1v) is 9.37. The van der Waals surface area contributed by atoms with Gasteiger partial charge in [-0.15, -0.1) is 0 Å². The van der Waals surface area contributed by atoms with Crippen LogP contribution in [0.25, 0.3) is 0 Å². The van der Waals surface area contributed by atoms with Gasteiger partial charge >= 0.3 is 18.3 Å². The van der Waals surface area contributed by atoms with Gasteiger partial charge in [-0.25, -0.2) is 9.59 Å². The number of para-hydroxylation sites is 1. The molecule has 1 aliphatic heterocycles. The summed E-state index contributed by atoms with van der Waals surface area (Å²) < 4.78 is 44.2. The lowest BCUT2D eigenvalue weighted by Crippen LogP contribution is -2.51. The molecule has 29 heavy (non-hydrogen) atoms. The van der Waals surface area contributed by atoms with E-state index in [-0.39, 0.29) is 18.3 Å². The molecule has 0 bridgehead atoms. The van der Waals surface area contributed by atoms with Crippen molar-refractivity contribution < 1.29 is 27.5 Å². The Balaban J connectivity index is 1.72. The number of rotatable bonds is 4. The smallest absolute Gasteiger partial charge is 0.418 e. The van der Waals surface area contributed by atoms with E-state index < -0.39 is 23.4 Å². The molecule has 1 aromatic carbocycles. The van der Waals surface area contributed by atoms with Crippen LogP contribution in [0.5, 0.6) is 0 Å². The Morgan fingerprint density at radius 3 is 2.28 bits per heavy atom. The summed E-state index contributed by atoms with van der Waals surface area (Å²) in [7, 11) is 0. The number of amides is 3. The number of alkyl halides is 3. The van der Waals surface area contributed by atoms with E-state index >= 15 is 0 Å². The zero-order chi connectivity index (χ0) is 21.7. The Labute approximate surface area is 168 Å². The van der Waals surface area contributed by atoms with Crippen LogP contribution in [0.1, 0.15) is 26.3 Å². The minimum Gasteiger partial charge on any atom is -0.444 e. The van der Waals surface area contributed by atoms with Gasteiger partial charge < -0.3 is 20.3 Å². The molecule has 1 heterocycles. The molecule has 1 aromatic rings. The summed E-state index contributed by atoms with van der Waals surface area (Å²) >= 11 is 0. The maximum Gasteiger partial charge on any atom is 0.418 e. The van der Waals surface area contributed by atoms with Gasteiger partial charge in [0.05, 0.1) is 11.3 Å². The van der Waals surface area contributed by atoms with Crippen molar-refractivity contribution in [3.63, 3.8) is 0 Å². The number of carbonyl (C=O) groups is 2. The third-order valence-electron chi connectivity index (χ3n) is 4.22. The summed E-state index contributed by atoms with van der Waals surface area (Å²) in [6, 6.07) is 4.12. The lowest BCUT2D eigenvalue weighted by molar-refractivity contribution is -0.136. The molecule has 0 unspecified atom stereocenters. The van der Waals surface area contributed by atoms with Crippen molar-refractivity contribution in [1.29, 1.82) is 0 Å². The number of ether oxygens (including phenoxy) is 1. The van der Waals surface area contributed by atoms with Crippen LogP contribution >= 0.6 is 0 Å². The van der Waals surface area contributed by atoms with Crippen molar-refractivity contribution in [3.05, 3.63) is 29.8 Å². The van der Waals surface area contributed by atoms with Gasteiger partial charge in [-0.2, -0.15) is 13.2 Å². The van der Waals surface area contributed by atoms with E-state index in [1.54, 1.807) is 4.90 Å². The van der Waals surface area contributed by atoms with E-state index in [0.717, 1.165) is 6.07 Å². The Morgan fingerprint density at radius 1 is 1.07 bits per heavy atom. The molecule has 0 radical (unpaired) electrons. The Morgan fingerprint density at radius 2 is 1.69 bits per heavy atom. The van der Waals surface area contributed by atoms with Crippen molar-refractivity contribution >= 4 is 17.8 Å². The van der Waals surface area contributed by atoms with Crippen LogP contribution in [0.15, 0.2) is 24.3 Å². The number of carbonyl (C=O) groups excluding carboxylic acids is 2. The van der Waals surface area contributed by atoms with Crippen molar-refractivity contribution in [1.82, 2.24) is 15.1 Å². The van der Waals surface area contributed by atoms with Crippen LogP contribution in [-0.4, -0.2) is 66.8 Å². The van der Waals surface area contributed by atoms with E-state index in [4.69, 9.17) is 4.74 Å². The summed E-state index contributed by atoms with van der Waals surface area (Å²) in [5.74, 6) is 0. The first-order valence-electron chi connectivity index (χ1n) is 9.37. The minimum atomic E-state index is -4.54. The molecule has 1 fully saturated rings. The molecule has 2 rings (SSSR count). The van der Waals surface area contributed by atoms with Gasteiger partial charge in [0, 0.05) is 39.3 Å². The van der Waals surface area contributed by atoms with Gasteiger partial charge in [0.25, 0.3) is 0 Å². The largest absolute Gasteiger partial charge is 0.444 e.